The van der Waals surface area contributed by atoms with Crippen LogP contribution in [-0.4, -0.2) is 21.8 Å². The molecule has 2 aromatic carbocycles. The zero-order chi connectivity index (χ0) is 20.5. The molecule has 1 fully saturated rings. The minimum Gasteiger partial charge on any atom is -0.507 e. The Morgan fingerprint density at radius 2 is 1.69 bits per heavy atom. The van der Waals surface area contributed by atoms with Gasteiger partial charge in [0.05, 0.1) is 11.6 Å². The summed E-state index contributed by atoms with van der Waals surface area (Å²) < 4.78 is 15.4. The molecule has 1 unspecified atom stereocenters. The Labute approximate surface area is 174 Å². The Kier molecular flexibility index (Phi) is 4.98. The highest BCUT2D eigenvalue weighted by atomic mass is 79.9. The summed E-state index contributed by atoms with van der Waals surface area (Å²) in [6.45, 7) is 0. The molecule has 144 valence electrons. The number of aliphatic hydroxyl groups is 1. The Bertz CT molecular complexity index is 1130. The third-order valence-electron chi connectivity index (χ3n) is 4.65. The highest BCUT2D eigenvalue weighted by Crippen LogP contribution is 2.42. The van der Waals surface area contributed by atoms with Gasteiger partial charge in [-0.3, -0.25) is 14.5 Å². The van der Waals surface area contributed by atoms with E-state index in [0.29, 0.717) is 10.0 Å². The third-order valence-corrected chi connectivity index (χ3v) is 5.12. The van der Waals surface area contributed by atoms with E-state index in [2.05, 4.69) is 20.9 Å². The maximum atomic E-state index is 14.7. The lowest BCUT2D eigenvalue weighted by Gasteiger charge is -2.24. The van der Waals surface area contributed by atoms with Gasteiger partial charge in [-0.2, -0.15) is 0 Å². The fourth-order valence-corrected chi connectivity index (χ4v) is 3.56. The fourth-order valence-electron chi connectivity index (χ4n) is 3.32. The molecule has 1 amide bonds. The van der Waals surface area contributed by atoms with Crippen molar-refractivity contribution in [3.8, 4) is 0 Å². The number of benzene rings is 2. The Morgan fingerprint density at radius 3 is 2.34 bits per heavy atom. The van der Waals surface area contributed by atoms with Crippen molar-refractivity contribution in [1.29, 1.82) is 0 Å². The van der Waals surface area contributed by atoms with Gasteiger partial charge >= 0.3 is 5.91 Å². The molecular formula is C22H14BrFN2O3. The van der Waals surface area contributed by atoms with Gasteiger partial charge in [0.2, 0.25) is 0 Å². The van der Waals surface area contributed by atoms with E-state index in [1.165, 1.54) is 24.4 Å². The highest BCUT2D eigenvalue weighted by Gasteiger charge is 2.48. The van der Waals surface area contributed by atoms with Crippen molar-refractivity contribution in [2.24, 2.45) is 0 Å². The molecule has 1 aliphatic heterocycles. The number of aromatic nitrogens is 1. The number of amides is 1. The lowest BCUT2D eigenvalue weighted by Crippen LogP contribution is -2.30. The van der Waals surface area contributed by atoms with Crippen LogP contribution in [0, 0.1) is 5.82 Å². The number of pyridine rings is 1. The van der Waals surface area contributed by atoms with Crippen LogP contribution < -0.4 is 4.90 Å². The molecule has 1 atom stereocenters. The standard InChI is InChI=1S/C22H14BrFN2O3/c23-14-10-11-17(25-12-14)26-19(15-8-4-5-9-16(15)24)18(21(28)22(26)29)20(27)13-6-2-1-3-7-13/h1-12,19,27H. The number of nitrogens with zero attached hydrogens (tertiary/aromatic N) is 2. The second kappa shape index (κ2) is 7.60. The van der Waals surface area contributed by atoms with Crippen molar-refractivity contribution in [3.05, 3.63) is 99.9 Å². The number of anilines is 1. The monoisotopic (exact) mass is 452 g/mol. The van der Waals surface area contributed by atoms with Crippen molar-refractivity contribution in [1.82, 2.24) is 4.98 Å². The van der Waals surface area contributed by atoms with Crippen LogP contribution in [0.4, 0.5) is 10.2 Å². The quantitative estimate of drug-likeness (QED) is 0.357. The van der Waals surface area contributed by atoms with Crippen LogP contribution in [0.15, 0.2) is 83.0 Å². The van der Waals surface area contributed by atoms with Gasteiger partial charge in [-0.05, 0) is 34.1 Å². The molecule has 0 spiro atoms. The summed E-state index contributed by atoms with van der Waals surface area (Å²) >= 11 is 3.28. The van der Waals surface area contributed by atoms with E-state index in [-0.39, 0.29) is 22.7 Å². The van der Waals surface area contributed by atoms with E-state index in [0.717, 1.165) is 4.90 Å². The summed E-state index contributed by atoms with van der Waals surface area (Å²) in [5, 5.41) is 10.9. The lowest BCUT2D eigenvalue weighted by molar-refractivity contribution is -0.132. The van der Waals surface area contributed by atoms with Gasteiger partial charge in [-0.25, -0.2) is 9.37 Å². The number of hydrogen-bond donors (Lipinski definition) is 1. The van der Waals surface area contributed by atoms with Gasteiger partial charge in [-0.1, -0.05) is 48.5 Å². The predicted octanol–water partition coefficient (Wildman–Crippen LogP) is 4.61. The minimum atomic E-state index is -1.15. The van der Waals surface area contributed by atoms with E-state index in [4.69, 9.17) is 0 Å². The molecule has 1 N–H and O–H groups in total. The molecule has 29 heavy (non-hydrogen) atoms. The number of hydrogen-bond acceptors (Lipinski definition) is 4. The van der Waals surface area contributed by atoms with Gasteiger partial charge in [0.15, 0.2) is 0 Å². The number of carbonyl (C=O) groups is 2. The van der Waals surface area contributed by atoms with Crippen molar-refractivity contribution in [2.75, 3.05) is 4.90 Å². The van der Waals surface area contributed by atoms with E-state index >= 15 is 0 Å². The zero-order valence-corrected chi connectivity index (χ0v) is 16.5. The van der Waals surface area contributed by atoms with Gasteiger partial charge < -0.3 is 5.11 Å². The molecule has 0 radical (unpaired) electrons. The first-order valence-corrected chi connectivity index (χ1v) is 9.50. The average Bonchev–Trinajstić information content (AvgIpc) is 3.00. The van der Waals surface area contributed by atoms with Crippen molar-refractivity contribution >= 4 is 39.2 Å². The van der Waals surface area contributed by atoms with Gasteiger partial charge in [-0.15, -0.1) is 0 Å². The summed E-state index contributed by atoms with van der Waals surface area (Å²) in [5.74, 6) is -2.57. The average molecular weight is 453 g/mol. The molecule has 0 aliphatic carbocycles. The minimum absolute atomic E-state index is 0.0916. The smallest absolute Gasteiger partial charge is 0.301 e. The molecule has 1 saturated heterocycles. The molecular weight excluding hydrogens is 439 g/mol. The van der Waals surface area contributed by atoms with E-state index in [1.54, 1.807) is 48.5 Å². The largest absolute Gasteiger partial charge is 0.507 e. The van der Waals surface area contributed by atoms with Gasteiger partial charge in [0, 0.05) is 21.8 Å². The first-order valence-electron chi connectivity index (χ1n) is 8.71. The van der Waals surface area contributed by atoms with Crippen LogP contribution in [0.25, 0.3) is 5.76 Å². The van der Waals surface area contributed by atoms with Gasteiger partial charge in [0.25, 0.3) is 5.78 Å². The van der Waals surface area contributed by atoms with Crippen LogP contribution >= 0.6 is 15.9 Å². The number of Topliss-reactive ketones (excluding diaryl/α,β-unsaturated/α-hetero) is 1. The molecule has 5 nitrogen and oxygen atoms in total. The van der Waals surface area contributed by atoms with Crippen molar-refractivity contribution < 1.29 is 19.1 Å². The molecule has 1 aromatic heterocycles. The van der Waals surface area contributed by atoms with E-state index in [1.807, 2.05) is 0 Å². The number of carbonyl (C=O) groups excluding carboxylic acids is 2. The molecule has 2 heterocycles. The summed E-state index contributed by atoms with van der Waals surface area (Å²) in [7, 11) is 0. The molecule has 3 aromatic rings. The first-order chi connectivity index (χ1) is 14.0. The van der Waals surface area contributed by atoms with Gasteiger partial charge in [0.1, 0.15) is 17.4 Å². The van der Waals surface area contributed by atoms with Crippen LogP contribution in [0.2, 0.25) is 0 Å². The number of aliphatic hydroxyl groups excluding tert-OH is 1. The second-order valence-electron chi connectivity index (χ2n) is 6.39. The van der Waals surface area contributed by atoms with Crippen molar-refractivity contribution in [2.45, 2.75) is 6.04 Å². The normalized spacial score (nSPS) is 18.3. The SMILES string of the molecule is O=C1C(=O)N(c2ccc(Br)cn2)C(c2ccccc2F)C1=C(O)c1ccccc1. The van der Waals surface area contributed by atoms with E-state index < -0.39 is 23.5 Å². The second-order valence-corrected chi connectivity index (χ2v) is 7.31. The molecule has 7 heteroatoms. The van der Waals surface area contributed by atoms with Crippen LogP contribution in [0.5, 0.6) is 0 Å². The molecule has 0 bridgehead atoms. The fraction of sp³-hybridized carbons (Fsp3) is 0.0455. The topological polar surface area (TPSA) is 70.5 Å². The van der Waals surface area contributed by atoms with E-state index in [9.17, 15) is 19.1 Å². The highest BCUT2D eigenvalue weighted by molar-refractivity contribution is 9.10. The first kappa shape index (κ1) is 19.0. The zero-order valence-electron chi connectivity index (χ0n) is 14.9. The third kappa shape index (κ3) is 3.34. The van der Waals surface area contributed by atoms with Crippen LogP contribution in [0.1, 0.15) is 17.2 Å². The summed E-state index contributed by atoms with van der Waals surface area (Å²) in [6, 6.07) is 16.3. The molecule has 1 aliphatic rings. The van der Waals surface area contributed by atoms with Crippen molar-refractivity contribution in [3.63, 3.8) is 0 Å². The number of rotatable bonds is 3. The molecule has 4 rings (SSSR count). The Hall–Kier alpha value is -3.32. The maximum absolute atomic E-state index is 14.7. The lowest BCUT2D eigenvalue weighted by atomic mass is 9.95. The summed E-state index contributed by atoms with van der Waals surface area (Å²) in [4.78, 5) is 31.1. The molecule has 0 saturated carbocycles. The van der Waals surface area contributed by atoms with Crippen LogP contribution in [0.3, 0.4) is 0 Å². The number of ketones is 1. The Morgan fingerprint density at radius 1 is 1.00 bits per heavy atom. The predicted molar refractivity (Wildman–Crippen MR) is 110 cm³/mol. The Balaban J connectivity index is 1.97. The number of halogens is 2. The maximum Gasteiger partial charge on any atom is 0.301 e. The summed E-state index contributed by atoms with van der Waals surface area (Å²) in [6.07, 6.45) is 1.48. The van der Waals surface area contributed by atoms with Crippen LogP contribution in [-0.2, 0) is 9.59 Å². The summed E-state index contributed by atoms with van der Waals surface area (Å²) in [5.41, 5.74) is 0.264.